The van der Waals surface area contributed by atoms with Crippen LogP contribution in [0.15, 0.2) is 36.5 Å². The van der Waals surface area contributed by atoms with Gasteiger partial charge in [0.25, 0.3) is 5.91 Å². The van der Waals surface area contributed by atoms with Crippen molar-refractivity contribution in [2.24, 2.45) is 0 Å². The largest absolute Gasteiger partial charge is 0.357 e. The number of hydrogen-bond acceptors (Lipinski definition) is 4. The summed E-state index contributed by atoms with van der Waals surface area (Å²) in [4.78, 5) is 33.3. The summed E-state index contributed by atoms with van der Waals surface area (Å²) in [5.41, 5.74) is 3.62. The number of nitrogens with zero attached hydrogens (tertiary/aromatic N) is 3. The molecule has 1 fully saturated rings. The van der Waals surface area contributed by atoms with E-state index in [1.807, 2.05) is 42.3 Å². The molecule has 0 unspecified atom stereocenters. The second-order valence-corrected chi connectivity index (χ2v) is 7.75. The van der Waals surface area contributed by atoms with E-state index >= 15 is 0 Å². The molecular weight excluding hydrogens is 364 g/mol. The van der Waals surface area contributed by atoms with E-state index in [1.54, 1.807) is 6.07 Å². The Hall–Kier alpha value is -2.89. The molecule has 2 aliphatic rings. The maximum absolute atomic E-state index is 12.6. The number of nitrogens with one attached hydrogen (secondary N) is 1. The monoisotopic (exact) mass is 392 g/mol. The van der Waals surface area contributed by atoms with E-state index in [2.05, 4.69) is 15.2 Å². The second kappa shape index (κ2) is 8.64. The van der Waals surface area contributed by atoms with Gasteiger partial charge in [0, 0.05) is 50.0 Å². The van der Waals surface area contributed by atoms with Crippen molar-refractivity contribution in [2.45, 2.75) is 45.6 Å². The molecule has 29 heavy (non-hydrogen) atoms. The summed E-state index contributed by atoms with van der Waals surface area (Å²) in [7, 11) is 0. The molecule has 1 aromatic heterocycles. The molecule has 1 saturated heterocycles. The Morgan fingerprint density at radius 3 is 2.62 bits per heavy atom. The highest BCUT2D eigenvalue weighted by molar-refractivity contribution is 5.98. The first kappa shape index (κ1) is 19.4. The number of hydrogen-bond donors (Lipinski definition) is 1. The number of carbonyl (C=O) groups excluding carboxylic acids is 2. The van der Waals surface area contributed by atoms with E-state index in [9.17, 15) is 9.59 Å². The molecule has 2 aliphatic heterocycles. The first-order valence-electron chi connectivity index (χ1n) is 10.6. The van der Waals surface area contributed by atoms with Crippen molar-refractivity contribution >= 4 is 23.3 Å². The van der Waals surface area contributed by atoms with Gasteiger partial charge in [-0.2, -0.15) is 0 Å². The molecule has 1 N–H and O–H groups in total. The van der Waals surface area contributed by atoms with Crippen molar-refractivity contribution in [3.8, 4) is 0 Å². The number of anilines is 2. The van der Waals surface area contributed by atoms with Crippen molar-refractivity contribution in [3.63, 3.8) is 0 Å². The maximum atomic E-state index is 12.6. The summed E-state index contributed by atoms with van der Waals surface area (Å²) in [6.45, 7) is 5.16. The van der Waals surface area contributed by atoms with Crippen LogP contribution in [0.5, 0.6) is 0 Å². The number of carbonyl (C=O) groups is 2. The van der Waals surface area contributed by atoms with Gasteiger partial charge in [0.2, 0.25) is 5.91 Å². The highest BCUT2D eigenvalue weighted by Crippen LogP contribution is 2.29. The third-order valence-electron chi connectivity index (χ3n) is 5.78. The van der Waals surface area contributed by atoms with Crippen LogP contribution in [0.3, 0.4) is 0 Å². The molecule has 152 valence electrons. The Bertz CT molecular complexity index is 888. The van der Waals surface area contributed by atoms with Gasteiger partial charge < -0.3 is 15.1 Å². The van der Waals surface area contributed by atoms with Crippen LogP contribution in [0.4, 0.5) is 11.5 Å². The van der Waals surface area contributed by atoms with E-state index in [0.29, 0.717) is 25.1 Å². The van der Waals surface area contributed by atoms with Gasteiger partial charge in [0.1, 0.15) is 5.82 Å². The van der Waals surface area contributed by atoms with E-state index < -0.39 is 0 Å². The first-order valence-corrected chi connectivity index (χ1v) is 10.6. The third kappa shape index (κ3) is 4.26. The molecule has 0 saturated carbocycles. The molecule has 6 nitrogen and oxygen atoms in total. The molecule has 0 atom stereocenters. The molecule has 0 bridgehead atoms. The lowest BCUT2D eigenvalue weighted by molar-refractivity contribution is -0.118. The Morgan fingerprint density at radius 2 is 1.90 bits per heavy atom. The van der Waals surface area contributed by atoms with Gasteiger partial charge in [-0.15, -0.1) is 0 Å². The molecule has 0 aliphatic carbocycles. The van der Waals surface area contributed by atoms with Crippen LogP contribution in [-0.4, -0.2) is 36.4 Å². The number of rotatable bonds is 5. The summed E-state index contributed by atoms with van der Waals surface area (Å²) in [6, 6.07) is 9.67. The zero-order valence-corrected chi connectivity index (χ0v) is 17.0. The van der Waals surface area contributed by atoms with Crippen molar-refractivity contribution in [1.82, 2.24) is 10.3 Å². The Balaban J connectivity index is 1.36. The summed E-state index contributed by atoms with van der Waals surface area (Å²) in [5, 5.41) is 2.98. The topological polar surface area (TPSA) is 65.5 Å². The summed E-state index contributed by atoms with van der Waals surface area (Å²) < 4.78 is 0. The van der Waals surface area contributed by atoms with Gasteiger partial charge in [-0.3, -0.25) is 9.59 Å². The number of benzene rings is 1. The van der Waals surface area contributed by atoms with Gasteiger partial charge in [-0.1, -0.05) is 13.0 Å². The smallest absolute Gasteiger partial charge is 0.251 e. The van der Waals surface area contributed by atoms with Gasteiger partial charge in [-0.05, 0) is 61.1 Å². The van der Waals surface area contributed by atoms with Crippen LogP contribution in [0.2, 0.25) is 0 Å². The fourth-order valence-corrected chi connectivity index (χ4v) is 4.11. The summed E-state index contributed by atoms with van der Waals surface area (Å²) >= 11 is 0. The van der Waals surface area contributed by atoms with Crippen LogP contribution in [0, 0.1) is 0 Å². The van der Waals surface area contributed by atoms with Gasteiger partial charge >= 0.3 is 0 Å². The number of piperidine rings is 1. The van der Waals surface area contributed by atoms with Crippen LogP contribution in [0.25, 0.3) is 0 Å². The number of aromatic nitrogens is 1. The van der Waals surface area contributed by atoms with E-state index in [0.717, 1.165) is 42.1 Å². The molecule has 3 heterocycles. The standard InChI is InChI=1S/C23H28N4O2/c1-2-22(28)27-13-10-18-14-19(7-8-20(18)27)23(29)25-16-17-6-9-21(24-15-17)26-11-4-3-5-12-26/h6-9,14-15H,2-5,10-13,16H2,1H3,(H,25,29). The third-order valence-corrected chi connectivity index (χ3v) is 5.78. The normalized spacial score (nSPS) is 15.9. The molecule has 2 aromatic rings. The van der Waals surface area contributed by atoms with Crippen molar-refractivity contribution in [3.05, 3.63) is 53.2 Å². The molecule has 6 heteroatoms. The average Bonchev–Trinajstić information content (AvgIpc) is 3.21. The number of amides is 2. The molecular formula is C23H28N4O2. The summed E-state index contributed by atoms with van der Waals surface area (Å²) in [6.07, 6.45) is 6.89. The van der Waals surface area contributed by atoms with Crippen molar-refractivity contribution in [1.29, 1.82) is 0 Å². The van der Waals surface area contributed by atoms with Crippen molar-refractivity contribution in [2.75, 3.05) is 29.4 Å². The predicted octanol–water partition coefficient (Wildman–Crippen LogP) is 3.30. The zero-order chi connectivity index (χ0) is 20.2. The van der Waals surface area contributed by atoms with E-state index in [4.69, 9.17) is 0 Å². The average molecular weight is 393 g/mol. The fourth-order valence-electron chi connectivity index (χ4n) is 4.11. The van der Waals surface area contributed by atoms with Crippen LogP contribution < -0.4 is 15.1 Å². The van der Waals surface area contributed by atoms with E-state index in [-0.39, 0.29) is 11.8 Å². The Kier molecular flexibility index (Phi) is 5.79. The predicted molar refractivity (Wildman–Crippen MR) is 114 cm³/mol. The quantitative estimate of drug-likeness (QED) is 0.848. The lowest BCUT2D eigenvalue weighted by Gasteiger charge is -2.27. The fraction of sp³-hybridized carbons (Fsp3) is 0.435. The number of fused-ring (bicyclic) bond motifs is 1. The molecule has 4 rings (SSSR count). The van der Waals surface area contributed by atoms with Crippen LogP contribution >= 0.6 is 0 Å². The second-order valence-electron chi connectivity index (χ2n) is 7.75. The van der Waals surface area contributed by atoms with E-state index in [1.165, 1.54) is 19.3 Å². The highest BCUT2D eigenvalue weighted by Gasteiger charge is 2.24. The molecule has 2 amide bonds. The van der Waals surface area contributed by atoms with Crippen molar-refractivity contribution < 1.29 is 9.59 Å². The molecule has 0 spiro atoms. The lowest BCUT2D eigenvalue weighted by Crippen LogP contribution is -2.30. The zero-order valence-electron chi connectivity index (χ0n) is 17.0. The lowest BCUT2D eigenvalue weighted by atomic mass is 10.1. The number of pyridine rings is 1. The Labute approximate surface area is 171 Å². The minimum atomic E-state index is -0.104. The SMILES string of the molecule is CCC(=O)N1CCc2cc(C(=O)NCc3ccc(N4CCCCC4)nc3)ccc21. The van der Waals surface area contributed by atoms with Gasteiger partial charge in [-0.25, -0.2) is 4.98 Å². The minimum Gasteiger partial charge on any atom is -0.357 e. The molecule has 1 aromatic carbocycles. The minimum absolute atomic E-state index is 0.104. The maximum Gasteiger partial charge on any atom is 0.251 e. The highest BCUT2D eigenvalue weighted by atomic mass is 16.2. The van der Waals surface area contributed by atoms with Crippen LogP contribution in [-0.2, 0) is 17.8 Å². The Morgan fingerprint density at radius 1 is 1.07 bits per heavy atom. The van der Waals surface area contributed by atoms with Gasteiger partial charge in [0.05, 0.1) is 0 Å². The van der Waals surface area contributed by atoms with Crippen LogP contribution in [0.1, 0.15) is 54.1 Å². The van der Waals surface area contributed by atoms with Gasteiger partial charge in [0.15, 0.2) is 0 Å². The summed E-state index contributed by atoms with van der Waals surface area (Å²) in [5.74, 6) is 1.04. The first-order chi connectivity index (χ1) is 14.2. The molecule has 0 radical (unpaired) electrons.